The summed E-state index contributed by atoms with van der Waals surface area (Å²) in [4.78, 5) is 28.8. The number of anilines is 3. The van der Waals surface area contributed by atoms with Crippen LogP contribution in [0.15, 0.2) is 59.6 Å². The number of carbonyl (C=O) groups is 1. The van der Waals surface area contributed by atoms with Crippen LogP contribution in [0.3, 0.4) is 0 Å². The van der Waals surface area contributed by atoms with Gasteiger partial charge in [0.15, 0.2) is 9.84 Å². The third-order valence-corrected chi connectivity index (χ3v) is 6.49. The highest BCUT2D eigenvalue weighted by Crippen LogP contribution is 2.35. The predicted molar refractivity (Wildman–Crippen MR) is 140 cm³/mol. The molecule has 0 saturated carbocycles. The van der Waals surface area contributed by atoms with Crippen molar-refractivity contribution in [1.82, 2.24) is 19.9 Å². The zero-order valence-corrected chi connectivity index (χ0v) is 21.4. The number of nitrogens with one attached hydrogen (secondary N) is 3. The van der Waals surface area contributed by atoms with E-state index < -0.39 is 21.7 Å². The van der Waals surface area contributed by atoms with Gasteiger partial charge in [0.25, 0.3) is 0 Å². The van der Waals surface area contributed by atoms with Crippen molar-refractivity contribution in [2.45, 2.75) is 31.1 Å². The summed E-state index contributed by atoms with van der Waals surface area (Å²) in [5.41, 5.74) is 7.46. The van der Waals surface area contributed by atoms with E-state index in [1.807, 2.05) is 20.8 Å². The lowest BCUT2D eigenvalue weighted by molar-refractivity contribution is 0.262. The van der Waals surface area contributed by atoms with Crippen LogP contribution in [0.5, 0.6) is 0 Å². The Labute approximate surface area is 213 Å². The van der Waals surface area contributed by atoms with Crippen LogP contribution >= 0.6 is 0 Å². The highest BCUT2D eigenvalue weighted by atomic mass is 32.2. The lowest BCUT2D eigenvalue weighted by Crippen LogP contribution is -2.19. The van der Waals surface area contributed by atoms with E-state index in [4.69, 9.17) is 5.73 Å². The van der Waals surface area contributed by atoms with Crippen LogP contribution in [0, 0.1) is 5.82 Å². The van der Waals surface area contributed by atoms with E-state index in [0.717, 1.165) is 6.26 Å². The fraction of sp³-hybridized carbons (Fsp3) is 0.200. The number of H-pyrrole nitrogens is 1. The Morgan fingerprint density at radius 3 is 2.27 bits per heavy atom. The molecule has 0 unspecified atom stereocenters. The molecule has 12 heteroatoms. The lowest BCUT2D eigenvalue weighted by atomic mass is 9.96. The van der Waals surface area contributed by atoms with Gasteiger partial charge in [0.2, 0.25) is 5.95 Å². The van der Waals surface area contributed by atoms with E-state index in [-0.39, 0.29) is 21.8 Å². The Morgan fingerprint density at radius 1 is 1.00 bits per heavy atom. The van der Waals surface area contributed by atoms with Crippen molar-refractivity contribution in [1.29, 1.82) is 0 Å². The van der Waals surface area contributed by atoms with E-state index in [1.165, 1.54) is 48.7 Å². The van der Waals surface area contributed by atoms with E-state index >= 15 is 4.39 Å². The first-order chi connectivity index (χ1) is 17.3. The fourth-order valence-corrected chi connectivity index (χ4v) is 4.12. The lowest BCUT2D eigenvalue weighted by Gasteiger charge is -2.14. The number of amides is 2. The molecule has 0 atom stereocenters. The number of imidazole rings is 1. The monoisotopic (exact) mass is 523 g/mol. The molecule has 0 saturated heterocycles. The fourth-order valence-electron chi connectivity index (χ4n) is 3.49. The largest absolute Gasteiger partial charge is 0.368 e. The number of carbonyl (C=O) groups excluding carboxylic acids is 1. The zero-order valence-electron chi connectivity index (χ0n) is 20.6. The normalized spacial score (nSPS) is 11.8. The molecule has 2 aromatic carbocycles. The van der Waals surface area contributed by atoms with Crippen LogP contribution in [0.4, 0.5) is 26.5 Å². The third kappa shape index (κ3) is 5.92. The molecular weight excluding hydrogens is 497 g/mol. The molecule has 0 aliphatic carbocycles. The second kappa shape index (κ2) is 9.62. The molecule has 0 bridgehead atoms. The SMILES string of the molecule is CC(C)(C)c1nc(-c2cc(NC(=O)Nc3ccc(S(C)(=O)=O)cc3)ccc2F)c(-c2ccnc(N)n2)[nH]1. The van der Waals surface area contributed by atoms with Crippen molar-refractivity contribution in [3.8, 4) is 22.6 Å². The summed E-state index contributed by atoms with van der Waals surface area (Å²) >= 11 is 0. The number of benzene rings is 2. The standard InChI is InChI=1S/C25H26FN7O3S/c1-25(2,3)22-32-20(21(33-22)19-11-12-28-23(27)31-19)17-13-15(7-10-18(17)26)30-24(34)29-14-5-8-16(9-6-14)37(4,35)36/h5-13H,1-4H3,(H,32,33)(H2,27,28,31)(H2,29,30,34). The van der Waals surface area contributed by atoms with Crippen LogP contribution in [0.2, 0.25) is 0 Å². The van der Waals surface area contributed by atoms with E-state index in [9.17, 15) is 13.2 Å². The van der Waals surface area contributed by atoms with E-state index in [2.05, 4.69) is 30.6 Å². The highest BCUT2D eigenvalue weighted by molar-refractivity contribution is 7.90. The highest BCUT2D eigenvalue weighted by Gasteiger charge is 2.25. The maximum absolute atomic E-state index is 15.1. The molecule has 0 aliphatic heterocycles. The molecule has 2 heterocycles. The number of halogens is 1. The van der Waals surface area contributed by atoms with Gasteiger partial charge >= 0.3 is 6.03 Å². The van der Waals surface area contributed by atoms with Crippen LogP contribution < -0.4 is 16.4 Å². The van der Waals surface area contributed by atoms with Crippen molar-refractivity contribution in [2.24, 2.45) is 0 Å². The summed E-state index contributed by atoms with van der Waals surface area (Å²) in [6, 6.07) is 10.9. The second-order valence-electron chi connectivity index (χ2n) is 9.43. The molecule has 10 nitrogen and oxygen atoms in total. The average Bonchev–Trinajstić information content (AvgIpc) is 3.26. The van der Waals surface area contributed by atoms with Crippen molar-refractivity contribution in [2.75, 3.05) is 22.6 Å². The van der Waals surface area contributed by atoms with Gasteiger partial charge in [-0.3, -0.25) is 0 Å². The number of hydrogen-bond acceptors (Lipinski definition) is 7. The third-order valence-electron chi connectivity index (χ3n) is 5.36. The number of nitrogens with zero attached hydrogens (tertiary/aromatic N) is 3. The smallest absolute Gasteiger partial charge is 0.323 e. The number of urea groups is 1. The minimum Gasteiger partial charge on any atom is -0.368 e. The van der Waals surface area contributed by atoms with Gasteiger partial charge in [0.05, 0.1) is 16.3 Å². The van der Waals surface area contributed by atoms with Gasteiger partial charge in [-0.15, -0.1) is 0 Å². The van der Waals surface area contributed by atoms with Crippen molar-refractivity contribution in [3.05, 3.63) is 66.4 Å². The number of rotatable bonds is 5. The van der Waals surface area contributed by atoms with Crippen molar-refractivity contribution >= 4 is 33.2 Å². The van der Waals surface area contributed by atoms with Crippen LogP contribution in [-0.2, 0) is 15.3 Å². The summed E-state index contributed by atoms with van der Waals surface area (Å²) < 4.78 is 38.3. The first-order valence-corrected chi connectivity index (χ1v) is 13.1. The van der Waals surface area contributed by atoms with Gasteiger partial charge < -0.3 is 21.4 Å². The maximum atomic E-state index is 15.1. The number of nitrogen functional groups attached to an aromatic ring is 1. The molecule has 2 amide bonds. The Morgan fingerprint density at radius 2 is 1.65 bits per heavy atom. The second-order valence-corrected chi connectivity index (χ2v) is 11.4. The average molecular weight is 524 g/mol. The Hall–Kier alpha value is -4.32. The Kier molecular flexibility index (Phi) is 6.70. The Balaban J connectivity index is 1.65. The van der Waals surface area contributed by atoms with Crippen LogP contribution in [-0.4, -0.2) is 40.6 Å². The molecule has 0 radical (unpaired) electrons. The molecule has 4 aromatic rings. The molecular formula is C25H26FN7O3S. The first kappa shape index (κ1) is 25.8. The molecule has 0 aliphatic rings. The summed E-state index contributed by atoms with van der Waals surface area (Å²) in [5.74, 6) is 0.132. The molecule has 4 rings (SSSR count). The van der Waals surface area contributed by atoms with Crippen LogP contribution in [0.25, 0.3) is 22.6 Å². The number of sulfone groups is 1. The minimum atomic E-state index is -3.35. The van der Waals surface area contributed by atoms with E-state index in [0.29, 0.717) is 34.3 Å². The van der Waals surface area contributed by atoms with Crippen LogP contribution in [0.1, 0.15) is 26.6 Å². The van der Waals surface area contributed by atoms with Gasteiger partial charge in [-0.25, -0.2) is 32.6 Å². The number of aromatic amines is 1. The summed E-state index contributed by atoms with van der Waals surface area (Å²) in [7, 11) is -3.35. The van der Waals surface area contributed by atoms with Gasteiger partial charge in [-0.2, -0.15) is 0 Å². The molecule has 192 valence electrons. The maximum Gasteiger partial charge on any atom is 0.323 e. The quantitative estimate of drug-likeness (QED) is 0.298. The topological polar surface area (TPSA) is 156 Å². The molecule has 0 spiro atoms. The number of nitrogens with two attached hydrogens (primary N) is 1. The minimum absolute atomic E-state index is 0.0625. The van der Waals surface area contributed by atoms with Gasteiger partial charge in [-0.05, 0) is 48.5 Å². The number of hydrogen-bond donors (Lipinski definition) is 4. The number of aromatic nitrogens is 4. The first-order valence-electron chi connectivity index (χ1n) is 11.2. The summed E-state index contributed by atoms with van der Waals surface area (Å²) in [6.45, 7) is 5.90. The summed E-state index contributed by atoms with van der Waals surface area (Å²) in [5, 5.41) is 5.28. The predicted octanol–water partition coefficient (Wildman–Crippen LogP) is 4.60. The molecule has 5 N–H and O–H groups in total. The van der Waals surface area contributed by atoms with Crippen molar-refractivity contribution < 1.29 is 17.6 Å². The van der Waals surface area contributed by atoms with Gasteiger partial charge in [0, 0.05) is 34.8 Å². The molecule has 0 fully saturated rings. The van der Waals surface area contributed by atoms with Crippen molar-refractivity contribution in [3.63, 3.8) is 0 Å². The zero-order chi connectivity index (χ0) is 27.0. The Bertz CT molecular complexity index is 1580. The van der Waals surface area contributed by atoms with Gasteiger partial charge in [-0.1, -0.05) is 20.8 Å². The molecule has 37 heavy (non-hydrogen) atoms. The molecule has 2 aromatic heterocycles. The van der Waals surface area contributed by atoms with E-state index in [1.54, 1.807) is 6.07 Å². The van der Waals surface area contributed by atoms with Gasteiger partial charge in [0.1, 0.15) is 17.3 Å². The summed E-state index contributed by atoms with van der Waals surface area (Å²) in [6.07, 6.45) is 2.60.